The summed E-state index contributed by atoms with van der Waals surface area (Å²) in [5.41, 5.74) is -1.09. The minimum absolute atomic E-state index is 0.138. The molecule has 3 aromatic rings. The van der Waals surface area contributed by atoms with Crippen LogP contribution in [0.25, 0.3) is 0 Å². The molecule has 3 atom stereocenters. The molecule has 0 saturated carbocycles. The molecular formula is C26H22F3N3O4S3. The van der Waals surface area contributed by atoms with Crippen molar-refractivity contribution in [1.82, 2.24) is 9.47 Å². The third-order valence-corrected chi connectivity index (χ3v) is 10.9. The first-order valence-corrected chi connectivity index (χ1v) is 15.0. The van der Waals surface area contributed by atoms with Crippen LogP contribution in [-0.2, 0) is 27.1 Å². The Kier molecular flexibility index (Phi) is 6.71. The van der Waals surface area contributed by atoms with Crippen molar-refractivity contribution in [1.29, 1.82) is 0 Å². The summed E-state index contributed by atoms with van der Waals surface area (Å²) in [4.78, 5) is 57.3. The SMILES string of the molecule is O=C(Cn1c2c(sc1=O)[C@H](c1cccs1)C1C(=O)N(c3cccc(C(F)(F)F)c3)C(=O)C1S2)N1CCCCC1. The van der Waals surface area contributed by atoms with Gasteiger partial charge in [0.05, 0.1) is 22.2 Å². The Bertz CT molecular complexity index is 1510. The number of imide groups is 1. The van der Waals surface area contributed by atoms with E-state index in [0.717, 1.165) is 64.3 Å². The van der Waals surface area contributed by atoms with Crippen molar-refractivity contribution in [3.8, 4) is 0 Å². The predicted octanol–water partition coefficient (Wildman–Crippen LogP) is 4.80. The topological polar surface area (TPSA) is 79.7 Å². The van der Waals surface area contributed by atoms with Gasteiger partial charge in [0.15, 0.2) is 0 Å². The van der Waals surface area contributed by atoms with Gasteiger partial charge in [-0.1, -0.05) is 35.2 Å². The number of anilines is 1. The van der Waals surface area contributed by atoms with Crippen LogP contribution in [0.15, 0.2) is 51.6 Å². The Balaban J connectivity index is 1.40. The third-order valence-electron chi connectivity index (χ3n) is 7.33. The molecule has 5 heterocycles. The van der Waals surface area contributed by atoms with Crippen LogP contribution in [0.1, 0.15) is 40.5 Å². The number of rotatable bonds is 4. The van der Waals surface area contributed by atoms with E-state index in [1.165, 1.54) is 28.0 Å². The fraction of sp³-hybridized carbons (Fsp3) is 0.385. The number of carbonyl (C=O) groups excluding carboxylic acids is 3. The number of aromatic nitrogens is 1. The molecule has 3 amide bonds. The fourth-order valence-corrected chi connectivity index (χ4v) is 9.21. The molecule has 7 nitrogen and oxygen atoms in total. The zero-order valence-electron chi connectivity index (χ0n) is 20.3. The number of halogens is 3. The van der Waals surface area contributed by atoms with Crippen molar-refractivity contribution < 1.29 is 27.6 Å². The average molecular weight is 594 g/mol. The lowest BCUT2D eigenvalue weighted by Gasteiger charge is -2.30. The summed E-state index contributed by atoms with van der Waals surface area (Å²) >= 11 is 3.40. The van der Waals surface area contributed by atoms with Gasteiger partial charge in [-0.2, -0.15) is 13.2 Å². The normalized spacial score (nSPS) is 23.2. The Hall–Kier alpha value is -2.90. The molecule has 3 aliphatic rings. The maximum atomic E-state index is 13.8. The largest absolute Gasteiger partial charge is 0.416 e. The molecule has 2 saturated heterocycles. The van der Waals surface area contributed by atoms with Crippen LogP contribution >= 0.6 is 34.4 Å². The summed E-state index contributed by atoms with van der Waals surface area (Å²) in [5, 5.41) is 1.36. The van der Waals surface area contributed by atoms with Gasteiger partial charge in [0.1, 0.15) is 11.8 Å². The number of piperidine rings is 1. The summed E-state index contributed by atoms with van der Waals surface area (Å²) < 4.78 is 41.6. The van der Waals surface area contributed by atoms with Gasteiger partial charge >= 0.3 is 11.0 Å². The van der Waals surface area contributed by atoms with E-state index in [1.807, 2.05) is 17.5 Å². The summed E-state index contributed by atoms with van der Waals surface area (Å²) in [5.74, 6) is -2.92. The number of hydrogen-bond acceptors (Lipinski definition) is 7. The van der Waals surface area contributed by atoms with E-state index in [0.29, 0.717) is 23.0 Å². The van der Waals surface area contributed by atoms with Crippen LogP contribution in [0.3, 0.4) is 0 Å². The first-order chi connectivity index (χ1) is 18.6. The van der Waals surface area contributed by atoms with Crippen LogP contribution < -0.4 is 9.77 Å². The highest BCUT2D eigenvalue weighted by molar-refractivity contribution is 8.00. The third kappa shape index (κ3) is 4.53. The number of thioether (sulfide) groups is 1. The second-order valence-electron chi connectivity index (χ2n) is 9.68. The number of carbonyl (C=O) groups is 3. The Morgan fingerprint density at radius 3 is 2.46 bits per heavy atom. The van der Waals surface area contributed by atoms with Gasteiger partial charge in [-0.3, -0.25) is 23.7 Å². The molecule has 0 spiro atoms. The smallest absolute Gasteiger partial charge is 0.341 e. The molecule has 204 valence electrons. The highest BCUT2D eigenvalue weighted by Crippen LogP contribution is 2.54. The van der Waals surface area contributed by atoms with Crippen molar-refractivity contribution in [2.24, 2.45) is 5.92 Å². The molecule has 1 aromatic carbocycles. The minimum atomic E-state index is -4.63. The van der Waals surface area contributed by atoms with Gasteiger partial charge < -0.3 is 4.90 Å². The van der Waals surface area contributed by atoms with Gasteiger partial charge in [-0.25, -0.2) is 4.90 Å². The molecular weight excluding hydrogens is 571 g/mol. The predicted molar refractivity (Wildman–Crippen MR) is 142 cm³/mol. The lowest BCUT2D eigenvalue weighted by molar-refractivity contribution is -0.137. The maximum Gasteiger partial charge on any atom is 0.416 e. The molecule has 0 bridgehead atoms. The highest BCUT2D eigenvalue weighted by Gasteiger charge is 2.57. The molecule has 2 aromatic heterocycles. The van der Waals surface area contributed by atoms with Crippen LogP contribution in [0.2, 0.25) is 0 Å². The maximum absolute atomic E-state index is 13.8. The zero-order chi connectivity index (χ0) is 27.5. The van der Waals surface area contributed by atoms with Crippen molar-refractivity contribution in [3.05, 3.63) is 66.8 Å². The lowest BCUT2D eigenvalue weighted by Crippen LogP contribution is -2.39. The van der Waals surface area contributed by atoms with Gasteiger partial charge in [0.2, 0.25) is 17.7 Å². The van der Waals surface area contributed by atoms with Crippen molar-refractivity contribution in [3.63, 3.8) is 0 Å². The average Bonchev–Trinajstić information content (AvgIpc) is 3.61. The van der Waals surface area contributed by atoms with E-state index in [1.54, 1.807) is 4.90 Å². The first kappa shape index (κ1) is 26.3. The first-order valence-electron chi connectivity index (χ1n) is 12.4. The monoisotopic (exact) mass is 593 g/mol. The fourth-order valence-electron chi connectivity index (χ4n) is 5.48. The number of hydrogen-bond donors (Lipinski definition) is 0. The number of benzene rings is 1. The molecule has 0 N–H and O–H groups in total. The molecule has 2 fully saturated rings. The van der Waals surface area contributed by atoms with Crippen LogP contribution in [-0.4, -0.2) is 45.5 Å². The number of thiophene rings is 1. The summed E-state index contributed by atoms with van der Waals surface area (Å²) in [7, 11) is 0. The molecule has 13 heteroatoms. The number of thiazole rings is 1. The van der Waals surface area contributed by atoms with E-state index < -0.39 is 40.6 Å². The lowest BCUT2D eigenvalue weighted by atomic mass is 9.87. The van der Waals surface area contributed by atoms with Gasteiger partial charge in [-0.15, -0.1) is 11.3 Å². The quantitative estimate of drug-likeness (QED) is 0.407. The van der Waals surface area contributed by atoms with Gasteiger partial charge in [-0.05, 0) is 48.9 Å². The molecule has 39 heavy (non-hydrogen) atoms. The summed E-state index contributed by atoms with van der Waals surface area (Å²) in [6.45, 7) is 1.11. The minimum Gasteiger partial charge on any atom is -0.341 e. The van der Waals surface area contributed by atoms with Crippen molar-refractivity contribution in [2.45, 2.75) is 48.2 Å². The van der Waals surface area contributed by atoms with Crippen LogP contribution in [0, 0.1) is 5.92 Å². The number of fused-ring (bicyclic) bond motifs is 2. The standard InChI is InChI=1S/C26H22F3N3O4S3/c27-26(28,29)14-6-4-7-15(12-14)32-22(34)19-18(16-8-5-11-37-16)21-24(38-20(19)23(32)35)31(25(36)39-21)13-17(33)30-9-2-1-3-10-30/h4-8,11-12,18-20H,1-3,9-10,13H2/t18-,19?,20?/m1/s1. The Labute approximate surface area is 233 Å². The van der Waals surface area contributed by atoms with Gasteiger partial charge in [0.25, 0.3) is 0 Å². The second-order valence-corrected chi connectivity index (χ2v) is 12.8. The van der Waals surface area contributed by atoms with Crippen molar-refractivity contribution in [2.75, 3.05) is 18.0 Å². The number of amides is 3. The summed E-state index contributed by atoms with van der Waals surface area (Å²) in [6, 6.07) is 7.81. The zero-order valence-corrected chi connectivity index (χ0v) is 22.8. The van der Waals surface area contributed by atoms with Crippen molar-refractivity contribution >= 4 is 57.8 Å². The van der Waals surface area contributed by atoms with Crippen LogP contribution in [0.5, 0.6) is 0 Å². The van der Waals surface area contributed by atoms with E-state index in [4.69, 9.17) is 0 Å². The van der Waals surface area contributed by atoms with E-state index >= 15 is 0 Å². The molecule has 2 unspecified atom stereocenters. The summed E-state index contributed by atoms with van der Waals surface area (Å²) in [6.07, 6.45) is -1.77. The Morgan fingerprint density at radius 2 is 1.77 bits per heavy atom. The number of alkyl halides is 3. The highest BCUT2D eigenvalue weighted by atomic mass is 32.2. The van der Waals surface area contributed by atoms with E-state index in [-0.39, 0.29) is 23.0 Å². The number of nitrogens with zero attached hydrogens (tertiary/aromatic N) is 3. The van der Waals surface area contributed by atoms with E-state index in [9.17, 15) is 32.3 Å². The second kappa shape index (κ2) is 9.93. The Morgan fingerprint density at radius 1 is 1.00 bits per heavy atom. The van der Waals surface area contributed by atoms with E-state index in [2.05, 4.69) is 0 Å². The molecule has 6 rings (SSSR count). The van der Waals surface area contributed by atoms with Crippen LogP contribution in [0.4, 0.5) is 18.9 Å². The molecule has 3 aliphatic heterocycles. The molecule has 0 radical (unpaired) electrons. The van der Waals surface area contributed by atoms with Gasteiger partial charge in [0, 0.05) is 28.8 Å². The molecule has 0 aliphatic carbocycles. The number of likely N-dealkylation sites (tertiary alicyclic amines) is 1.